The summed E-state index contributed by atoms with van der Waals surface area (Å²) >= 11 is 0.972. The molecule has 8 heteroatoms. The lowest BCUT2D eigenvalue weighted by Crippen LogP contribution is -2.09. The van der Waals surface area contributed by atoms with Gasteiger partial charge in [-0.2, -0.15) is 4.98 Å². The topological polar surface area (TPSA) is 109 Å². The highest BCUT2D eigenvalue weighted by molar-refractivity contribution is 7.98. The van der Waals surface area contributed by atoms with Gasteiger partial charge in [-0.1, -0.05) is 13.3 Å². The monoisotopic (exact) mass is 281 g/mol. The Balaban J connectivity index is 2.22. The molecular formula is C11H11N3O4S. The van der Waals surface area contributed by atoms with Gasteiger partial charge in [-0.05, 0) is 6.42 Å². The third kappa shape index (κ3) is 3.44. The van der Waals surface area contributed by atoms with E-state index in [1.165, 1.54) is 6.07 Å². The summed E-state index contributed by atoms with van der Waals surface area (Å²) in [5.41, 5.74) is 0.235. The SMILES string of the molecule is CCCc1cc(=O)[nH]c(Sc2nc(C(=O)O)co2)n1. The molecule has 0 unspecified atom stereocenters. The molecule has 2 N–H and O–H groups in total. The van der Waals surface area contributed by atoms with Crippen molar-refractivity contribution in [3.63, 3.8) is 0 Å². The maximum Gasteiger partial charge on any atom is 0.357 e. The number of aromatic carboxylic acids is 1. The van der Waals surface area contributed by atoms with Crippen LogP contribution in [0.15, 0.2) is 31.9 Å². The molecule has 0 aromatic carbocycles. The average molecular weight is 281 g/mol. The molecule has 2 heterocycles. The van der Waals surface area contributed by atoms with Gasteiger partial charge in [0.25, 0.3) is 10.8 Å². The number of carbonyl (C=O) groups is 1. The standard InChI is InChI=1S/C11H11N3O4S/c1-2-3-6-4-8(15)14-10(12-6)19-11-13-7(5-18-11)9(16)17/h4-5H,2-3H2,1H3,(H,16,17)(H,12,14,15). The highest BCUT2D eigenvalue weighted by Crippen LogP contribution is 2.23. The molecule has 100 valence electrons. The van der Waals surface area contributed by atoms with Crippen molar-refractivity contribution in [2.45, 2.75) is 30.1 Å². The fourth-order valence-corrected chi connectivity index (χ4v) is 2.12. The molecule has 0 atom stereocenters. The third-order valence-corrected chi connectivity index (χ3v) is 2.91. The molecule has 0 saturated carbocycles. The average Bonchev–Trinajstić information content (AvgIpc) is 2.77. The number of aryl methyl sites for hydroxylation is 1. The predicted octanol–water partition coefficient (Wildman–Crippen LogP) is 1.56. The summed E-state index contributed by atoms with van der Waals surface area (Å²) in [6.45, 7) is 1.99. The van der Waals surface area contributed by atoms with Crippen molar-refractivity contribution in [1.29, 1.82) is 0 Å². The van der Waals surface area contributed by atoms with Gasteiger partial charge in [0.2, 0.25) is 0 Å². The number of H-pyrrole nitrogens is 1. The summed E-state index contributed by atoms with van der Waals surface area (Å²) in [5, 5.41) is 9.17. The Bertz CT molecular complexity index is 649. The smallest absolute Gasteiger partial charge is 0.357 e. The second kappa shape index (κ2) is 5.70. The Kier molecular flexibility index (Phi) is 4.00. The molecule has 19 heavy (non-hydrogen) atoms. The number of aromatic nitrogens is 3. The van der Waals surface area contributed by atoms with Gasteiger partial charge in [0.1, 0.15) is 6.26 Å². The molecule has 0 saturated heterocycles. The second-order valence-electron chi connectivity index (χ2n) is 3.70. The van der Waals surface area contributed by atoms with Crippen molar-refractivity contribution in [1.82, 2.24) is 15.0 Å². The summed E-state index contributed by atoms with van der Waals surface area (Å²) in [6, 6.07) is 1.44. The Hall–Kier alpha value is -2.09. The lowest BCUT2D eigenvalue weighted by atomic mass is 10.2. The van der Waals surface area contributed by atoms with Gasteiger partial charge in [-0.3, -0.25) is 4.79 Å². The van der Waals surface area contributed by atoms with Crippen LogP contribution < -0.4 is 5.56 Å². The zero-order valence-electron chi connectivity index (χ0n) is 10.0. The zero-order chi connectivity index (χ0) is 13.8. The molecule has 7 nitrogen and oxygen atoms in total. The minimum absolute atomic E-state index is 0.120. The van der Waals surface area contributed by atoms with Gasteiger partial charge < -0.3 is 14.5 Å². The van der Waals surface area contributed by atoms with Gasteiger partial charge in [0.15, 0.2) is 10.9 Å². The number of nitrogens with one attached hydrogen (secondary N) is 1. The molecule has 0 bridgehead atoms. The van der Waals surface area contributed by atoms with Crippen LogP contribution in [0.25, 0.3) is 0 Å². The van der Waals surface area contributed by atoms with Crippen molar-refractivity contribution in [2.24, 2.45) is 0 Å². The van der Waals surface area contributed by atoms with E-state index >= 15 is 0 Å². The summed E-state index contributed by atoms with van der Waals surface area (Å²) < 4.78 is 4.98. The van der Waals surface area contributed by atoms with Crippen LogP contribution in [0.2, 0.25) is 0 Å². The molecule has 0 aliphatic rings. The van der Waals surface area contributed by atoms with Crippen molar-refractivity contribution >= 4 is 17.7 Å². The van der Waals surface area contributed by atoms with Gasteiger partial charge in [-0.25, -0.2) is 9.78 Å². The van der Waals surface area contributed by atoms with Crippen LogP contribution in [0.5, 0.6) is 0 Å². The van der Waals surface area contributed by atoms with Crippen molar-refractivity contribution in [3.05, 3.63) is 34.1 Å². The fourth-order valence-electron chi connectivity index (χ4n) is 1.40. The van der Waals surface area contributed by atoms with E-state index in [0.717, 1.165) is 24.4 Å². The number of hydrogen-bond acceptors (Lipinski definition) is 6. The maximum absolute atomic E-state index is 11.4. The van der Waals surface area contributed by atoms with Crippen molar-refractivity contribution < 1.29 is 14.3 Å². The van der Waals surface area contributed by atoms with E-state index in [-0.39, 0.29) is 16.5 Å². The summed E-state index contributed by atoms with van der Waals surface area (Å²) in [4.78, 5) is 32.6. The first kappa shape index (κ1) is 13.3. The fraction of sp³-hybridized carbons (Fsp3) is 0.273. The zero-order valence-corrected chi connectivity index (χ0v) is 10.9. The van der Waals surface area contributed by atoms with Crippen LogP contribution in [-0.4, -0.2) is 26.0 Å². The lowest BCUT2D eigenvalue weighted by Gasteiger charge is -2.00. The van der Waals surface area contributed by atoms with Crippen molar-refractivity contribution in [3.8, 4) is 0 Å². The quantitative estimate of drug-likeness (QED) is 0.800. The molecule has 0 fully saturated rings. The van der Waals surface area contributed by atoms with Crippen LogP contribution in [0.4, 0.5) is 0 Å². The first-order chi connectivity index (χ1) is 9.08. The first-order valence-corrected chi connectivity index (χ1v) is 6.37. The number of hydrogen-bond donors (Lipinski definition) is 2. The Morgan fingerprint density at radius 3 is 2.95 bits per heavy atom. The van der Waals surface area contributed by atoms with Crippen molar-refractivity contribution in [2.75, 3.05) is 0 Å². The largest absolute Gasteiger partial charge is 0.476 e. The number of rotatable bonds is 5. The van der Waals surface area contributed by atoms with Crippen LogP contribution in [0.1, 0.15) is 29.5 Å². The molecule has 0 spiro atoms. The lowest BCUT2D eigenvalue weighted by molar-refractivity contribution is 0.0690. The van der Waals surface area contributed by atoms with E-state index in [1.807, 2.05) is 6.92 Å². The molecule has 0 amide bonds. The van der Waals surface area contributed by atoms with E-state index in [1.54, 1.807) is 0 Å². The van der Waals surface area contributed by atoms with Crippen LogP contribution in [0, 0.1) is 0 Å². The molecule has 0 aliphatic carbocycles. The number of nitrogens with zero attached hydrogens (tertiary/aromatic N) is 2. The summed E-state index contributed by atoms with van der Waals surface area (Å²) in [7, 11) is 0. The van der Waals surface area contributed by atoms with E-state index in [0.29, 0.717) is 17.3 Å². The number of oxazole rings is 1. The van der Waals surface area contributed by atoms with Gasteiger partial charge in [0.05, 0.1) is 0 Å². The van der Waals surface area contributed by atoms with Crippen LogP contribution >= 0.6 is 11.8 Å². The molecule has 0 aliphatic heterocycles. The minimum atomic E-state index is -1.17. The second-order valence-corrected chi connectivity index (χ2v) is 4.64. The number of aromatic amines is 1. The van der Waals surface area contributed by atoms with Gasteiger partial charge >= 0.3 is 5.97 Å². The summed E-state index contributed by atoms with van der Waals surface area (Å²) in [5.74, 6) is -1.17. The summed E-state index contributed by atoms with van der Waals surface area (Å²) in [6.07, 6.45) is 2.62. The molecular weight excluding hydrogens is 270 g/mol. The third-order valence-electron chi connectivity index (χ3n) is 2.17. The molecule has 2 rings (SSSR count). The van der Waals surface area contributed by atoms with E-state index < -0.39 is 5.97 Å². The normalized spacial score (nSPS) is 10.6. The van der Waals surface area contributed by atoms with E-state index in [4.69, 9.17) is 9.52 Å². The number of carboxylic acid groups (broad SMARTS) is 1. The van der Waals surface area contributed by atoms with E-state index in [2.05, 4.69) is 15.0 Å². The van der Waals surface area contributed by atoms with E-state index in [9.17, 15) is 9.59 Å². The molecule has 2 aromatic rings. The predicted molar refractivity (Wildman–Crippen MR) is 66.4 cm³/mol. The Morgan fingerprint density at radius 2 is 2.32 bits per heavy atom. The molecule has 2 aromatic heterocycles. The van der Waals surface area contributed by atoms with Gasteiger partial charge in [-0.15, -0.1) is 0 Å². The highest BCUT2D eigenvalue weighted by Gasteiger charge is 2.13. The Morgan fingerprint density at radius 1 is 1.53 bits per heavy atom. The Labute approximate surface area is 112 Å². The van der Waals surface area contributed by atoms with Gasteiger partial charge in [0, 0.05) is 23.5 Å². The highest BCUT2D eigenvalue weighted by atomic mass is 32.2. The number of carboxylic acids is 1. The van der Waals surface area contributed by atoms with Crippen LogP contribution in [0.3, 0.4) is 0 Å². The van der Waals surface area contributed by atoms with Crippen LogP contribution in [-0.2, 0) is 6.42 Å². The molecule has 0 radical (unpaired) electrons. The minimum Gasteiger partial charge on any atom is -0.476 e. The maximum atomic E-state index is 11.4. The first-order valence-electron chi connectivity index (χ1n) is 5.55.